The van der Waals surface area contributed by atoms with Crippen LogP contribution in [-0.2, 0) is 11.3 Å². The lowest BCUT2D eigenvalue weighted by Gasteiger charge is -2.07. The smallest absolute Gasteiger partial charge is 0.167 e. The van der Waals surface area contributed by atoms with Crippen molar-refractivity contribution in [3.05, 3.63) is 47.3 Å². The van der Waals surface area contributed by atoms with E-state index in [2.05, 4.69) is 5.32 Å². The highest BCUT2D eigenvalue weighted by molar-refractivity contribution is 5.72. The van der Waals surface area contributed by atoms with Gasteiger partial charge in [0, 0.05) is 12.2 Å². The van der Waals surface area contributed by atoms with E-state index in [1.54, 1.807) is 6.92 Å². The van der Waals surface area contributed by atoms with Crippen LogP contribution >= 0.6 is 0 Å². The third kappa shape index (κ3) is 2.94. The molecule has 3 N–H and O–H groups in total. The molecule has 0 saturated heterocycles. The molecule has 0 aliphatic heterocycles. The van der Waals surface area contributed by atoms with Crippen molar-refractivity contribution in [3.8, 4) is 0 Å². The first-order valence-corrected chi connectivity index (χ1v) is 4.43. The highest BCUT2D eigenvalue weighted by atomic mass is 16.1. The predicted octanol–water partition coefficient (Wildman–Crippen LogP) is 1.17. The molecule has 0 aliphatic rings. The van der Waals surface area contributed by atoms with Crippen LogP contribution in [0.4, 0.5) is 0 Å². The number of hydrogen-bond acceptors (Lipinski definition) is 3. The van der Waals surface area contributed by atoms with Gasteiger partial charge in [0.25, 0.3) is 0 Å². The molecule has 1 aromatic carbocycles. The van der Waals surface area contributed by atoms with Crippen molar-refractivity contribution < 1.29 is 4.79 Å². The Kier molecular flexibility index (Phi) is 3.73. The maximum atomic E-state index is 10.3. The first-order chi connectivity index (χ1) is 6.74. The molecule has 3 nitrogen and oxygen atoms in total. The third-order valence-electron chi connectivity index (χ3n) is 1.96. The lowest BCUT2D eigenvalue weighted by atomic mass is 10.2. The van der Waals surface area contributed by atoms with Gasteiger partial charge in [0.1, 0.15) is 0 Å². The molecule has 1 aromatic rings. The van der Waals surface area contributed by atoms with E-state index in [1.165, 1.54) is 0 Å². The van der Waals surface area contributed by atoms with Gasteiger partial charge in [-0.2, -0.15) is 0 Å². The number of carbonyl (C=O) groups excluding carboxylic acids is 1. The molecule has 0 saturated carbocycles. The fourth-order valence-corrected chi connectivity index (χ4v) is 1.02. The fraction of sp³-hybridized carbons (Fsp3) is 0.182. The molecule has 0 amide bonds. The van der Waals surface area contributed by atoms with Crippen LogP contribution in [0.15, 0.2) is 41.7 Å². The van der Waals surface area contributed by atoms with Crippen LogP contribution in [0, 0.1) is 0 Å². The van der Waals surface area contributed by atoms with Crippen LogP contribution in [0.2, 0.25) is 0 Å². The highest BCUT2D eigenvalue weighted by Gasteiger charge is 1.95. The Bertz CT molecular complexity index is 330. The summed E-state index contributed by atoms with van der Waals surface area (Å²) in [6.45, 7) is 2.47. The highest BCUT2D eigenvalue weighted by Crippen LogP contribution is 1.99. The Morgan fingerprint density at radius 1 is 1.43 bits per heavy atom. The molecular weight excluding hydrogens is 176 g/mol. The van der Waals surface area contributed by atoms with E-state index in [0.717, 1.165) is 5.56 Å². The Morgan fingerprint density at radius 2 is 2.07 bits per heavy atom. The molecule has 0 unspecified atom stereocenters. The van der Waals surface area contributed by atoms with Crippen LogP contribution in [0.5, 0.6) is 0 Å². The number of allylic oxidation sites excluding steroid dienone is 2. The molecule has 0 bridgehead atoms. The molecule has 3 heteroatoms. The third-order valence-corrected chi connectivity index (χ3v) is 1.96. The van der Waals surface area contributed by atoms with Crippen molar-refractivity contribution in [2.24, 2.45) is 5.73 Å². The van der Waals surface area contributed by atoms with Crippen molar-refractivity contribution >= 4 is 6.29 Å². The summed E-state index contributed by atoms with van der Waals surface area (Å²) in [7, 11) is 0. The van der Waals surface area contributed by atoms with E-state index in [0.29, 0.717) is 18.5 Å². The number of hydrogen-bond donors (Lipinski definition) is 2. The van der Waals surface area contributed by atoms with E-state index in [1.807, 2.05) is 30.3 Å². The first-order valence-electron chi connectivity index (χ1n) is 4.43. The minimum atomic E-state index is 0.251. The molecule has 0 fully saturated rings. The molecule has 0 atom stereocenters. The van der Waals surface area contributed by atoms with Gasteiger partial charge in [0.2, 0.25) is 0 Å². The molecule has 0 spiro atoms. The molecule has 0 radical (unpaired) electrons. The van der Waals surface area contributed by atoms with E-state index in [4.69, 9.17) is 5.73 Å². The maximum Gasteiger partial charge on any atom is 0.167 e. The summed E-state index contributed by atoms with van der Waals surface area (Å²) in [5.74, 6) is 0. The van der Waals surface area contributed by atoms with E-state index in [9.17, 15) is 4.79 Å². The summed E-state index contributed by atoms with van der Waals surface area (Å²) in [6, 6.07) is 9.93. The maximum absolute atomic E-state index is 10.3. The molecular formula is C11H14N2O. The van der Waals surface area contributed by atoms with Crippen LogP contribution in [0.1, 0.15) is 12.5 Å². The van der Waals surface area contributed by atoms with Gasteiger partial charge in [-0.05, 0) is 12.5 Å². The Labute approximate surface area is 83.6 Å². The zero-order valence-corrected chi connectivity index (χ0v) is 8.16. The standard InChI is InChI=1S/C11H14N2O/c1-9(11(12)8-14)13-7-10-5-3-2-4-6-10/h2-6,8,13H,7,12H2,1H3/b11-9-. The zero-order chi connectivity index (χ0) is 10.4. The van der Waals surface area contributed by atoms with Crippen LogP contribution in [0.3, 0.4) is 0 Å². The van der Waals surface area contributed by atoms with Crippen molar-refractivity contribution in [2.75, 3.05) is 0 Å². The van der Waals surface area contributed by atoms with Gasteiger partial charge < -0.3 is 11.1 Å². The van der Waals surface area contributed by atoms with Crippen molar-refractivity contribution in [2.45, 2.75) is 13.5 Å². The van der Waals surface area contributed by atoms with Crippen molar-refractivity contribution in [1.82, 2.24) is 5.32 Å². The summed E-state index contributed by atoms with van der Waals surface area (Å²) in [5, 5.41) is 3.07. The normalized spacial score (nSPS) is 11.8. The lowest BCUT2D eigenvalue weighted by Crippen LogP contribution is -2.16. The molecule has 74 valence electrons. The quantitative estimate of drug-likeness (QED) is 0.553. The number of carbonyl (C=O) groups is 1. The summed E-state index contributed by atoms with van der Waals surface area (Å²) in [5.41, 5.74) is 7.55. The Hall–Kier alpha value is -1.77. The minimum Gasteiger partial charge on any atom is -0.395 e. The molecule has 1 rings (SSSR count). The fourth-order valence-electron chi connectivity index (χ4n) is 1.02. The Balaban J connectivity index is 2.54. The second-order valence-electron chi connectivity index (χ2n) is 3.04. The molecule has 0 heterocycles. The van der Waals surface area contributed by atoms with Gasteiger partial charge in [-0.1, -0.05) is 30.3 Å². The van der Waals surface area contributed by atoms with Crippen molar-refractivity contribution in [3.63, 3.8) is 0 Å². The number of nitrogens with two attached hydrogens (primary N) is 1. The second kappa shape index (κ2) is 5.07. The van der Waals surface area contributed by atoms with Gasteiger partial charge >= 0.3 is 0 Å². The number of nitrogens with one attached hydrogen (secondary N) is 1. The van der Waals surface area contributed by atoms with Gasteiger partial charge in [-0.15, -0.1) is 0 Å². The lowest BCUT2D eigenvalue weighted by molar-refractivity contribution is -0.105. The summed E-state index contributed by atoms with van der Waals surface area (Å²) in [6.07, 6.45) is 0.646. The Morgan fingerprint density at radius 3 is 2.64 bits per heavy atom. The first kappa shape index (κ1) is 10.3. The van der Waals surface area contributed by atoms with Gasteiger partial charge in [-0.3, -0.25) is 4.79 Å². The van der Waals surface area contributed by atoms with E-state index < -0.39 is 0 Å². The topological polar surface area (TPSA) is 55.1 Å². The molecule has 0 aromatic heterocycles. The van der Waals surface area contributed by atoms with Gasteiger partial charge in [0.15, 0.2) is 6.29 Å². The van der Waals surface area contributed by atoms with Crippen LogP contribution < -0.4 is 11.1 Å². The van der Waals surface area contributed by atoms with Gasteiger partial charge in [-0.25, -0.2) is 0 Å². The monoisotopic (exact) mass is 190 g/mol. The predicted molar refractivity (Wildman–Crippen MR) is 56.2 cm³/mol. The average Bonchev–Trinajstić information content (AvgIpc) is 2.26. The van der Waals surface area contributed by atoms with E-state index >= 15 is 0 Å². The number of aldehydes is 1. The minimum absolute atomic E-state index is 0.251. The van der Waals surface area contributed by atoms with Crippen LogP contribution in [-0.4, -0.2) is 6.29 Å². The second-order valence-corrected chi connectivity index (χ2v) is 3.04. The van der Waals surface area contributed by atoms with E-state index in [-0.39, 0.29) is 5.70 Å². The SMILES string of the molecule is C/C(NCc1ccccc1)=C(/N)C=O. The number of rotatable bonds is 4. The molecule has 0 aliphatic carbocycles. The largest absolute Gasteiger partial charge is 0.395 e. The average molecular weight is 190 g/mol. The number of benzene rings is 1. The summed E-state index contributed by atoms with van der Waals surface area (Å²) in [4.78, 5) is 10.3. The summed E-state index contributed by atoms with van der Waals surface area (Å²) >= 11 is 0. The van der Waals surface area contributed by atoms with Crippen LogP contribution in [0.25, 0.3) is 0 Å². The van der Waals surface area contributed by atoms with Gasteiger partial charge in [0.05, 0.1) is 5.70 Å². The summed E-state index contributed by atoms with van der Waals surface area (Å²) < 4.78 is 0. The zero-order valence-electron chi connectivity index (χ0n) is 8.16. The molecule has 14 heavy (non-hydrogen) atoms. The van der Waals surface area contributed by atoms with Crippen molar-refractivity contribution in [1.29, 1.82) is 0 Å².